The molecule has 4 aliphatic carbocycles. The molecule has 1 aliphatic heterocycles. The number of amides is 2. The maximum absolute atomic E-state index is 15.6. The second-order valence-corrected chi connectivity index (χ2v) is 18.2. The molecule has 2 amide bonds. The third-order valence-electron chi connectivity index (χ3n) is 12.9. The van der Waals surface area contributed by atoms with Gasteiger partial charge in [-0.3, -0.25) is 9.59 Å². The summed E-state index contributed by atoms with van der Waals surface area (Å²) in [4.78, 5) is 41.3. The Morgan fingerprint density at radius 1 is 0.871 bits per heavy atom. The number of carbonyl (C=O) groups excluding carboxylic acids is 2. The number of halogens is 1. The molecule has 1 aromatic heterocycles. The monoisotopic (exact) mass is 870 g/mol. The van der Waals surface area contributed by atoms with Crippen LogP contribution in [0.1, 0.15) is 73.4 Å². The molecule has 9 rings (SSSR count). The predicted octanol–water partition coefficient (Wildman–Crippen LogP) is 7.59. The van der Waals surface area contributed by atoms with Crippen molar-refractivity contribution in [2.75, 3.05) is 64.7 Å². The summed E-state index contributed by atoms with van der Waals surface area (Å²) in [6.45, 7) is 5.61. The van der Waals surface area contributed by atoms with E-state index in [-0.39, 0.29) is 48.2 Å². The van der Waals surface area contributed by atoms with Crippen LogP contribution < -0.4 is 25.4 Å². The van der Waals surface area contributed by atoms with Crippen molar-refractivity contribution >= 4 is 34.3 Å². The van der Waals surface area contributed by atoms with Gasteiger partial charge in [0.05, 0.1) is 45.2 Å². The number of carboxylic acid groups (broad SMARTS) is 1. The lowest BCUT2D eigenvalue weighted by Gasteiger charge is -2.37. The Balaban J connectivity index is 0.810. The first-order chi connectivity index (χ1) is 30.1. The second kappa shape index (κ2) is 19.6. The third kappa shape index (κ3) is 10.5. The quantitative estimate of drug-likeness (QED) is 0.0575. The van der Waals surface area contributed by atoms with Crippen LogP contribution in [-0.4, -0.2) is 87.2 Å². The summed E-state index contributed by atoms with van der Waals surface area (Å²) >= 11 is 1.34. The van der Waals surface area contributed by atoms with Crippen LogP contribution in [0.15, 0.2) is 66.2 Å². The number of thiazole rings is 1. The summed E-state index contributed by atoms with van der Waals surface area (Å²) in [5.74, 6) is 1.82. The molecule has 4 fully saturated rings. The number of nitrogens with zero attached hydrogens (tertiary/aromatic N) is 1. The highest BCUT2D eigenvalue weighted by Crippen LogP contribution is 2.66. The number of anilines is 1. The minimum atomic E-state index is -1.06. The Hall–Kier alpha value is -4.93. The topological polar surface area (TPSA) is 167 Å². The van der Waals surface area contributed by atoms with E-state index >= 15 is 4.39 Å². The fourth-order valence-electron chi connectivity index (χ4n) is 10.4. The zero-order chi connectivity index (χ0) is 43.1. The molecular formula is C47H55FN4O9S. The largest absolute Gasteiger partial charge is 0.487 e. The average Bonchev–Trinajstić information content (AvgIpc) is 3.90. The van der Waals surface area contributed by atoms with Crippen molar-refractivity contribution in [3.8, 4) is 28.4 Å². The Kier molecular flexibility index (Phi) is 13.8. The number of benzene rings is 3. The summed E-state index contributed by atoms with van der Waals surface area (Å²) in [5.41, 5.74) is 2.29. The molecule has 62 heavy (non-hydrogen) atoms. The highest BCUT2D eigenvalue weighted by atomic mass is 32.1. The van der Waals surface area contributed by atoms with E-state index in [0.29, 0.717) is 86.7 Å². The van der Waals surface area contributed by atoms with Crippen molar-refractivity contribution in [2.24, 2.45) is 23.2 Å². The Bertz CT molecular complexity index is 2190. The Labute approximate surface area is 365 Å². The van der Waals surface area contributed by atoms with Crippen LogP contribution in [0.3, 0.4) is 0 Å². The number of aromatic carboxylic acids is 1. The van der Waals surface area contributed by atoms with E-state index in [9.17, 15) is 19.5 Å². The van der Waals surface area contributed by atoms with E-state index in [0.717, 1.165) is 28.9 Å². The molecule has 0 radical (unpaired) electrons. The molecule has 4 aromatic rings. The van der Waals surface area contributed by atoms with Crippen molar-refractivity contribution in [3.63, 3.8) is 0 Å². The number of hydrogen-bond donors (Lipinski definition) is 4. The molecule has 2 heterocycles. The maximum atomic E-state index is 15.6. The van der Waals surface area contributed by atoms with E-state index in [1.165, 1.54) is 61.6 Å². The summed E-state index contributed by atoms with van der Waals surface area (Å²) < 4.78 is 45.2. The van der Waals surface area contributed by atoms with Crippen LogP contribution in [0.2, 0.25) is 0 Å². The summed E-state index contributed by atoms with van der Waals surface area (Å²) in [6.07, 6.45) is 9.64. The van der Waals surface area contributed by atoms with Gasteiger partial charge in [-0.25, -0.2) is 14.2 Å². The van der Waals surface area contributed by atoms with Crippen molar-refractivity contribution in [1.82, 2.24) is 15.6 Å². The van der Waals surface area contributed by atoms with Gasteiger partial charge in [-0.2, -0.15) is 0 Å². The van der Waals surface area contributed by atoms with Crippen molar-refractivity contribution < 1.29 is 47.6 Å². The molecule has 4 bridgehead atoms. The van der Waals surface area contributed by atoms with Crippen molar-refractivity contribution in [1.29, 1.82) is 0 Å². The highest BCUT2D eigenvalue weighted by Gasteiger charge is 2.58. The highest BCUT2D eigenvalue weighted by molar-refractivity contribution is 7.13. The van der Waals surface area contributed by atoms with E-state index in [1.807, 2.05) is 19.1 Å². The molecule has 0 spiro atoms. The van der Waals surface area contributed by atoms with Gasteiger partial charge < -0.3 is 44.7 Å². The molecular weight excluding hydrogens is 816 g/mol. The van der Waals surface area contributed by atoms with Crippen LogP contribution in [0.4, 0.5) is 9.52 Å². The predicted molar refractivity (Wildman–Crippen MR) is 231 cm³/mol. The SMILES string of the molecule is C[C@]1(CC(=O)Nc2nccs2)NCCc2cc(OCCOCCOCCOCCNC(=O)CC34CC5CC(CC3C5)C4)c(Oc3ccc(-c4ccc(C(=O)O)cc4)c(F)c3)cc21. The molecule has 0 saturated heterocycles. The van der Waals surface area contributed by atoms with Gasteiger partial charge in [0.15, 0.2) is 16.6 Å². The van der Waals surface area contributed by atoms with Gasteiger partial charge in [0, 0.05) is 54.7 Å². The first-order valence-corrected chi connectivity index (χ1v) is 22.5. The van der Waals surface area contributed by atoms with Gasteiger partial charge in [-0.15, -0.1) is 11.3 Å². The minimum absolute atomic E-state index is 0.108. The standard InChI is InChI=1S/C47H55FN4O9S/c1-46(28-43(54)52-45-50-11-19-62-45)38-25-41(61-36-6-7-37(39(48)24-36)32-2-4-33(5-3-32)44(55)56)40(23-34(38)8-9-51-46)60-18-17-59-16-15-58-14-13-57-12-10-49-42(53)29-47-26-30-20-31(27-47)22-35(47)21-30/h2-7,11,19,23-25,30-31,35,51H,8-10,12-18,20-22,26-29H2,1H3,(H,49,53)(H,55,56)(H,50,52,54)/t30?,31?,35?,46-,47?/m1/s1. The smallest absolute Gasteiger partial charge is 0.335 e. The first kappa shape index (κ1) is 43.7. The van der Waals surface area contributed by atoms with Gasteiger partial charge in [0.1, 0.15) is 18.2 Å². The van der Waals surface area contributed by atoms with E-state index < -0.39 is 17.3 Å². The van der Waals surface area contributed by atoms with Gasteiger partial charge in [0.25, 0.3) is 0 Å². The van der Waals surface area contributed by atoms with E-state index in [2.05, 4.69) is 20.9 Å². The van der Waals surface area contributed by atoms with Gasteiger partial charge in [0.2, 0.25) is 11.8 Å². The number of hydrogen-bond acceptors (Lipinski definition) is 11. The Morgan fingerprint density at radius 3 is 2.29 bits per heavy atom. The molecule has 15 heteroatoms. The molecule has 5 aliphatic rings. The molecule has 330 valence electrons. The van der Waals surface area contributed by atoms with E-state index in [4.69, 9.17) is 23.7 Å². The first-order valence-electron chi connectivity index (χ1n) is 21.6. The van der Waals surface area contributed by atoms with E-state index in [1.54, 1.807) is 35.8 Å². The molecule has 4 saturated carbocycles. The fraction of sp³-hybridized carbons (Fsp3) is 0.489. The molecule has 3 atom stereocenters. The van der Waals surface area contributed by atoms with Gasteiger partial charge in [-0.05, 0) is 122 Å². The molecule has 13 nitrogen and oxygen atoms in total. The number of aromatic nitrogens is 1. The molecule has 4 N–H and O–H groups in total. The zero-order valence-electron chi connectivity index (χ0n) is 35.1. The number of carboxylic acids is 1. The lowest BCUT2D eigenvalue weighted by Crippen LogP contribution is -2.47. The molecule has 3 aromatic carbocycles. The van der Waals surface area contributed by atoms with Crippen LogP contribution in [0.5, 0.6) is 17.2 Å². The second-order valence-electron chi connectivity index (χ2n) is 17.3. The molecule has 2 unspecified atom stereocenters. The normalized spacial score (nSPS) is 23.2. The lowest BCUT2D eigenvalue weighted by atomic mass is 9.73. The van der Waals surface area contributed by atoms with Gasteiger partial charge in [-0.1, -0.05) is 12.1 Å². The fourth-order valence-corrected chi connectivity index (χ4v) is 10.9. The number of carbonyl (C=O) groups is 3. The third-order valence-corrected chi connectivity index (χ3v) is 13.6. The van der Waals surface area contributed by atoms with Crippen LogP contribution in [-0.2, 0) is 35.8 Å². The number of rotatable bonds is 22. The number of ether oxygens (including phenoxy) is 5. The summed E-state index contributed by atoms with van der Waals surface area (Å²) in [6, 6.07) is 14.2. The van der Waals surface area contributed by atoms with Gasteiger partial charge >= 0.3 is 5.97 Å². The summed E-state index contributed by atoms with van der Waals surface area (Å²) in [7, 11) is 0. The van der Waals surface area contributed by atoms with Crippen molar-refractivity contribution in [3.05, 3.63) is 88.7 Å². The van der Waals surface area contributed by atoms with Crippen LogP contribution in [0.25, 0.3) is 11.1 Å². The van der Waals surface area contributed by atoms with Crippen LogP contribution in [0, 0.1) is 29.0 Å². The minimum Gasteiger partial charge on any atom is -0.487 e. The summed E-state index contributed by atoms with van der Waals surface area (Å²) in [5, 5.41) is 21.0. The number of fused-ring (bicyclic) bond motifs is 1. The average molecular weight is 871 g/mol. The Morgan fingerprint density at radius 2 is 1.60 bits per heavy atom. The maximum Gasteiger partial charge on any atom is 0.335 e. The number of nitrogens with one attached hydrogen (secondary N) is 3. The lowest BCUT2D eigenvalue weighted by molar-refractivity contribution is -0.124. The zero-order valence-corrected chi connectivity index (χ0v) is 35.9. The van der Waals surface area contributed by atoms with Crippen LogP contribution >= 0.6 is 11.3 Å². The van der Waals surface area contributed by atoms with Crippen molar-refractivity contribution in [2.45, 2.75) is 63.8 Å².